The molecule has 0 aliphatic carbocycles. The average molecular weight is 326 g/mol. The number of benzene rings is 2. The van der Waals surface area contributed by atoms with E-state index >= 15 is 0 Å². The minimum Gasteiger partial charge on any atom is -0.454 e. The van der Waals surface area contributed by atoms with Gasteiger partial charge in [0.15, 0.2) is 17.3 Å². The van der Waals surface area contributed by atoms with Gasteiger partial charge in [-0.05, 0) is 35.9 Å². The van der Waals surface area contributed by atoms with Crippen LogP contribution in [0.5, 0.6) is 11.5 Å². The Labute approximate surface area is 137 Å². The highest BCUT2D eigenvalue weighted by atomic mass is 16.7. The highest BCUT2D eigenvalue weighted by Crippen LogP contribution is 2.32. The van der Waals surface area contributed by atoms with Crippen molar-refractivity contribution < 1.29 is 19.2 Å². The maximum Gasteiger partial charge on any atom is 0.292 e. The van der Waals surface area contributed by atoms with Gasteiger partial charge in [0.2, 0.25) is 6.79 Å². The van der Waals surface area contributed by atoms with Gasteiger partial charge in [0.05, 0.1) is 4.92 Å². The number of hydrogen-bond donors (Lipinski definition) is 1. The number of hydrogen-bond acceptors (Lipinski definition) is 6. The molecule has 0 fully saturated rings. The first kappa shape index (κ1) is 15.5. The molecule has 2 aromatic carbocycles. The van der Waals surface area contributed by atoms with E-state index < -0.39 is 4.92 Å². The molecular formula is C17H14N2O5. The minimum atomic E-state index is -0.469. The van der Waals surface area contributed by atoms with Crippen LogP contribution in [-0.4, -0.2) is 24.5 Å². The summed E-state index contributed by atoms with van der Waals surface area (Å²) in [4.78, 5) is 22.8. The van der Waals surface area contributed by atoms with Gasteiger partial charge in [0.1, 0.15) is 5.69 Å². The molecule has 0 saturated carbocycles. The summed E-state index contributed by atoms with van der Waals surface area (Å²) in [6.45, 7) is 0.143. The third-order valence-corrected chi connectivity index (χ3v) is 3.57. The molecule has 0 aromatic heterocycles. The van der Waals surface area contributed by atoms with Crippen LogP contribution in [0.1, 0.15) is 15.9 Å². The van der Waals surface area contributed by atoms with Gasteiger partial charge >= 0.3 is 0 Å². The lowest BCUT2D eigenvalue weighted by molar-refractivity contribution is -0.383. The van der Waals surface area contributed by atoms with Crippen LogP contribution in [0, 0.1) is 10.1 Å². The highest BCUT2D eigenvalue weighted by molar-refractivity contribution is 6.07. The molecule has 1 heterocycles. The molecule has 0 atom stereocenters. The molecular weight excluding hydrogens is 312 g/mol. The normalized spacial score (nSPS) is 12.4. The fraction of sp³-hybridized carbons (Fsp3) is 0.118. The zero-order chi connectivity index (χ0) is 17.1. The van der Waals surface area contributed by atoms with Crippen molar-refractivity contribution in [1.29, 1.82) is 0 Å². The summed E-state index contributed by atoms with van der Waals surface area (Å²) < 4.78 is 10.4. The van der Waals surface area contributed by atoms with Gasteiger partial charge in [-0.25, -0.2) is 0 Å². The van der Waals surface area contributed by atoms with Crippen molar-refractivity contribution in [2.24, 2.45) is 0 Å². The topological polar surface area (TPSA) is 90.7 Å². The van der Waals surface area contributed by atoms with Crippen LogP contribution in [0.3, 0.4) is 0 Å². The quantitative estimate of drug-likeness (QED) is 0.392. The number of fused-ring (bicyclic) bond motifs is 1. The van der Waals surface area contributed by atoms with Crippen molar-refractivity contribution in [2.75, 3.05) is 19.2 Å². The van der Waals surface area contributed by atoms with Gasteiger partial charge in [-0.3, -0.25) is 14.9 Å². The lowest BCUT2D eigenvalue weighted by atomic mass is 10.1. The van der Waals surface area contributed by atoms with Crippen molar-refractivity contribution in [1.82, 2.24) is 0 Å². The first-order valence-corrected chi connectivity index (χ1v) is 7.17. The van der Waals surface area contributed by atoms with E-state index in [0.29, 0.717) is 28.3 Å². The Balaban J connectivity index is 1.81. The van der Waals surface area contributed by atoms with Crippen LogP contribution in [0.25, 0.3) is 6.08 Å². The summed E-state index contributed by atoms with van der Waals surface area (Å²) in [6.07, 6.45) is 2.91. The maximum atomic E-state index is 12.2. The standard InChI is InChI=1S/C17H14N2O5/c1-18-13-5-2-11(8-14(13)19(21)22)3-6-15(20)12-4-7-16-17(9-12)24-10-23-16/h2-9,18H,10H2,1H3. The second-order valence-corrected chi connectivity index (χ2v) is 5.05. The van der Waals surface area contributed by atoms with Crippen molar-refractivity contribution in [3.8, 4) is 11.5 Å². The number of ether oxygens (including phenoxy) is 2. The van der Waals surface area contributed by atoms with Crippen molar-refractivity contribution in [2.45, 2.75) is 0 Å². The second-order valence-electron chi connectivity index (χ2n) is 5.05. The predicted octanol–water partition coefficient (Wildman–Crippen LogP) is 3.26. The van der Waals surface area contributed by atoms with E-state index in [2.05, 4.69) is 5.32 Å². The first-order valence-electron chi connectivity index (χ1n) is 7.17. The Bertz CT molecular complexity index is 845. The van der Waals surface area contributed by atoms with E-state index in [9.17, 15) is 14.9 Å². The second kappa shape index (κ2) is 6.41. The SMILES string of the molecule is CNc1ccc(C=CC(=O)c2ccc3c(c2)OCO3)cc1[N+](=O)[O-]. The Hall–Kier alpha value is -3.35. The molecule has 0 amide bonds. The molecule has 1 aliphatic rings. The fourth-order valence-electron chi connectivity index (χ4n) is 2.33. The monoisotopic (exact) mass is 326 g/mol. The van der Waals surface area contributed by atoms with Gasteiger partial charge < -0.3 is 14.8 Å². The van der Waals surface area contributed by atoms with Gasteiger partial charge in [0, 0.05) is 18.7 Å². The maximum absolute atomic E-state index is 12.2. The summed E-state index contributed by atoms with van der Waals surface area (Å²) >= 11 is 0. The number of rotatable bonds is 5. The van der Waals surface area contributed by atoms with Crippen LogP contribution in [0.4, 0.5) is 11.4 Å². The predicted molar refractivity (Wildman–Crippen MR) is 88.6 cm³/mol. The molecule has 2 aromatic rings. The van der Waals surface area contributed by atoms with E-state index in [4.69, 9.17) is 9.47 Å². The Morgan fingerprint density at radius 3 is 2.75 bits per heavy atom. The fourth-order valence-corrected chi connectivity index (χ4v) is 2.33. The molecule has 7 nitrogen and oxygen atoms in total. The summed E-state index contributed by atoms with van der Waals surface area (Å²) in [6, 6.07) is 9.64. The molecule has 24 heavy (non-hydrogen) atoms. The van der Waals surface area contributed by atoms with E-state index in [1.54, 1.807) is 43.5 Å². The third kappa shape index (κ3) is 3.05. The van der Waals surface area contributed by atoms with Crippen LogP contribution in [0.2, 0.25) is 0 Å². The number of nitrogens with zero attached hydrogens (tertiary/aromatic N) is 1. The molecule has 7 heteroatoms. The number of nitro groups is 1. The molecule has 0 saturated heterocycles. The van der Waals surface area contributed by atoms with Crippen LogP contribution in [0.15, 0.2) is 42.5 Å². The molecule has 0 radical (unpaired) electrons. The number of nitrogens with one attached hydrogen (secondary N) is 1. The van der Waals surface area contributed by atoms with Gasteiger partial charge in [-0.15, -0.1) is 0 Å². The summed E-state index contributed by atoms with van der Waals surface area (Å²) in [5.41, 5.74) is 1.39. The number of ketones is 1. The Kier molecular flexibility index (Phi) is 4.15. The van der Waals surface area contributed by atoms with Crippen molar-refractivity contribution in [3.63, 3.8) is 0 Å². The summed E-state index contributed by atoms with van der Waals surface area (Å²) in [5.74, 6) is 0.908. The third-order valence-electron chi connectivity index (χ3n) is 3.57. The molecule has 0 unspecified atom stereocenters. The smallest absolute Gasteiger partial charge is 0.292 e. The Morgan fingerprint density at radius 2 is 2.00 bits per heavy atom. The molecule has 1 N–H and O–H groups in total. The van der Waals surface area contributed by atoms with Crippen molar-refractivity contribution >= 4 is 23.2 Å². The number of carbonyl (C=O) groups is 1. The van der Waals surface area contributed by atoms with Crippen molar-refractivity contribution in [3.05, 3.63) is 63.7 Å². The number of carbonyl (C=O) groups excluding carboxylic acids is 1. The molecule has 3 rings (SSSR count). The van der Waals surface area contributed by atoms with Gasteiger partial charge in [0.25, 0.3) is 5.69 Å². The number of allylic oxidation sites excluding steroid dienone is 1. The molecule has 122 valence electrons. The molecule has 0 bridgehead atoms. The Morgan fingerprint density at radius 1 is 1.21 bits per heavy atom. The van der Waals surface area contributed by atoms with E-state index in [-0.39, 0.29) is 18.3 Å². The van der Waals surface area contributed by atoms with Gasteiger partial charge in [-0.2, -0.15) is 0 Å². The minimum absolute atomic E-state index is 0.0461. The number of anilines is 1. The number of nitro benzene ring substituents is 1. The zero-order valence-corrected chi connectivity index (χ0v) is 12.8. The van der Waals surface area contributed by atoms with E-state index in [1.165, 1.54) is 12.1 Å². The van der Waals surface area contributed by atoms with Crippen LogP contribution < -0.4 is 14.8 Å². The van der Waals surface area contributed by atoms with Gasteiger partial charge in [-0.1, -0.05) is 12.1 Å². The van der Waals surface area contributed by atoms with Crippen LogP contribution >= 0.6 is 0 Å². The lowest BCUT2D eigenvalue weighted by Gasteiger charge is -2.03. The zero-order valence-electron chi connectivity index (χ0n) is 12.8. The lowest BCUT2D eigenvalue weighted by Crippen LogP contribution is -1.97. The summed E-state index contributed by atoms with van der Waals surface area (Å²) in [7, 11) is 1.61. The molecule has 0 spiro atoms. The average Bonchev–Trinajstić information content (AvgIpc) is 3.06. The highest BCUT2D eigenvalue weighted by Gasteiger charge is 2.15. The van der Waals surface area contributed by atoms with E-state index in [1.807, 2.05) is 0 Å². The summed E-state index contributed by atoms with van der Waals surface area (Å²) in [5, 5.41) is 13.8. The van der Waals surface area contributed by atoms with Crippen LogP contribution in [-0.2, 0) is 0 Å². The largest absolute Gasteiger partial charge is 0.454 e. The first-order chi connectivity index (χ1) is 11.6. The molecule has 1 aliphatic heterocycles. The van der Waals surface area contributed by atoms with E-state index in [0.717, 1.165) is 0 Å².